The number of allylic oxidation sites excluding steroid dienone is 3. The molecule has 0 saturated heterocycles. The highest BCUT2D eigenvalue weighted by Crippen LogP contribution is 2.43. The summed E-state index contributed by atoms with van der Waals surface area (Å²) in [5, 5.41) is 28.2. The number of aliphatic hydroxyl groups is 3. The van der Waals surface area contributed by atoms with Gasteiger partial charge in [-0.25, -0.2) is 4.57 Å². The van der Waals surface area contributed by atoms with E-state index in [0.29, 0.717) is 12.8 Å². The van der Waals surface area contributed by atoms with Crippen molar-refractivity contribution in [3.63, 3.8) is 0 Å². The summed E-state index contributed by atoms with van der Waals surface area (Å²) < 4.78 is 32.6. The average Bonchev–Trinajstić information content (AvgIpc) is 3.12. The molecule has 4 unspecified atom stereocenters. The summed E-state index contributed by atoms with van der Waals surface area (Å²) in [6.07, 6.45) is 30.4. The first-order chi connectivity index (χ1) is 25.1. The van der Waals surface area contributed by atoms with Gasteiger partial charge in [-0.1, -0.05) is 154 Å². The Balaban J connectivity index is 4.40. The van der Waals surface area contributed by atoms with Crippen molar-refractivity contribution in [1.82, 2.24) is 0 Å². The molecule has 0 radical (unpaired) electrons. The minimum absolute atomic E-state index is 0.144. The zero-order valence-corrected chi connectivity index (χ0v) is 33.5. The van der Waals surface area contributed by atoms with Gasteiger partial charge in [0, 0.05) is 12.8 Å². The molecular formula is C40H75O11P. The molecule has 0 fully saturated rings. The molecule has 0 rings (SSSR count). The first-order valence-corrected chi connectivity index (χ1v) is 21.9. The van der Waals surface area contributed by atoms with E-state index in [0.717, 1.165) is 77.0 Å². The van der Waals surface area contributed by atoms with Crippen LogP contribution in [0.15, 0.2) is 24.3 Å². The second kappa shape index (κ2) is 36.4. The number of carbonyl (C=O) groups is 2. The van der Waals surface area contributed by atoms with Gasteiger partial charge in [0.25, 0.3) is 0 Å². The van der Waals surface area contributed by atoms with Gasteiger partial charge >= 0.3 is 19.8 Å². The van der Waals surface area contributed by atoms with E-state index in [1.165, 1.54) is 57.8 Å². The summed E-state index contributed by atoms with van der Waals surface area (Å²) in [4.78, 5) is 34.9. The lowest BCUT2D eigenvalue weighted by atomic mass is 10.0. The molecule has 0 bridgehead atoms. The maximum absolute atomic E-state index is 12.6. The topological polar surface area (TPSA) is 169 Å². The summed E-state index contributed by atoms with van der Waals surface area (Å²) in [5.74, 6) is -0.971. The molecule has 306 valence electrons. The second-order valence-corrected chi connectivity index (χ2v) is 15.3. The van der Waals surface area contributed by atoms with Crippen molar-refractivity contribution in [2.45, 2.75) is 193 Å². The van der Waals surface area contributed by atoms with E-state index in [2.05, 4.69) is 24.4 Å². The van der Waals surface area contributed by atoms with Gasteiger partial charge in [-0.15, -0.1) is 0 Å². The lowest BCUT2D eigenvalue weighted by Crippen LogP contribution is -2.29. The molecule has 0 aromatic heterocycles. The van der Waals surface area contributed by atoms with Crippen LogP contribution in [0, 0.1) is 0 Å². The molecule has 0 amide bonds. The molecule has 4 atom stereocenters. The normalized spacial score (nSPS) is 14.8. The average molecular weight is 763 g/mol. The van der Waals surface area contributed by atoms with Crippen molar-refractivity contribution in [3.05, 3.63) is 24.3 Å². The number of aliphatic hydroxyl groups excluding tert-OH is 3. The van der Waals surface area contributed by atoms with E-state index in [4.69, 9.17) is 19.1 Å². The molecule has 11 nitrogen and oxygen atoms in total. The smallest absolute Gasteiger partial charge is 0.462 e. The quantitative estimate of drug-likeness (QED) is 0.0205. The Morgan fingerprint density at radius 2 is 1.13 bits per heavy atom. The van der Waals surface area contributed by atoms with Crippen molar-refractivity contribution >= 4 is 19.8 Å². The van der Waals surface area contributed by atoms with E-state index in [9.17, 15) is 29.3 Å². The number of phosphoric acid groups is 1. The van der Waals surface area contributed by atoms with Gasteiger partial charge in [0.1, 0.15) is 12.7 Å². The van der Waals surface area contributed by atoms with Gasteiger partial charge in [-0.3, -0.25) is 18.6 Å². The highest BCUT2D eigenvalue weighted by Gasteiger charge is 2.27. The lowest BCUT2D eigenvalue weighted by Gasteiger charge is -2.20. The number of esters is 2. The van der Waals surface area contributed by atoms with Crippen LogP contribution in [0.2, 0.25) is 0 Å². The van der Waals surface area contributed by atoms with Crippen LogP contribution in [0.5, 0.6) is 0 Å². The molecule has 0 aliphatic heterocycles. The summed E-state index contributed by atoms with van der Waals surface area (Å²) in [6, 6.07) is 0. The molecule has 52 heavy (non-hydrogen) atoms. The standard InChI is InChI=1S/C40H75O11P/c1-3-5-7-8-9-10-11-12-13-16-19-22-26-30-39(44)48-34-38(35-50-52(46,47)49-33-37(43)32-41)51-40(45)31-27-23-20-17-14-15-18-21-25-29-36(42)28-24-6-4-2/h18,21,25,29,36-38,41-43H,3-17,19-20,22-24,26-28,30-35H2,1-2H3,(H,46,47)/b21-18-,29-25+. The molecule has 0 aliphatic rings. The number of ether oxygens (including phenoxy) is 2. The largest absolute Gasteiger partial charge is 0.472 e. The van der Waals surface area contributed by atoms with Gasteiger partial charge in [0.05, 0.1) is 25.9 Å². The monoisotopic (exact) mass is 763 g/mol. The van der Waals surface area contributed by atoms with Crippen LogP contribution < -0.4 is 0 Å². The Morgan fingerprint density at radius 3 is 1.71 bits per heavy atom. The number of hydrogen-bond donors (Lipinski definition) is 4. The van der Waals surface area contributed by atoms with Crippen molar-refractivity contribution in [2.24, 2.45) is 0 Å². The molecule has 0 saturated carbocycles. The van der Waals surface area contributed by atoms with Crippen LogP contribution in [-0.4, -0.2) is 76.9 Å². The number of carbonyl (C=O) groups excluding carboxylic acids is 2. The van der Waals surface area contributed by atoms with Crippen molar-refractivity contribution in [2.75, 3.05) is 26.4 Å². The van der Waals surface area contributed by atoms with Crippen LogP contribution in [0.4, 0.5) is 0 Å². The Bertz CT molecular complexity index is 942. The number of unbranched alkanes of at least 4 members (excludes halogenated alkanes) is 19. The maximum atomic E-state index is 12.6. The van der Waals surface area contributed by atoms with Gasteiger partial charge in [0.15, 0.2) is 6.10 Å². The van der Waals surface area contributed by atoms with Crippen LogP contribution in [0.1, 0.15) is 174 Å². The Morgan fingerprint density at radius 1 is 0.635 bits per heavy atom. The summed E-state index contributed by atoms with van der Waals surface area (Å²) in [5.41, 5.74) is 0. The number of rotatable bonds is 38. The zero-order chi connectivity index (χ0) is 38.5. The van der Waals surface area contributed by atoms with Crippen LogP contribution in [0.3, 0.4) is 0 Å². The van der Waals surface area contributed by atoms with E-state index in [1.54, 1.807) is 0 Å². The number of hydrogen-bond acceptors (Lipinski definition) is 10. The molecule has 0 heterocycles. The molecule has 4 N–H and O–H groups in total. The highest BCUT2D eigenvalue weighted by atomic mass is 31.2. The van der Waals surface area contributed by atoms with Crippen LogP contribution in [-0.2, 0) is 32.7 Å². The Kier molecular flexibility index (Phi) is 35.3. The SMILES string of the molecule is CCCCCCCCCCCCCCCC(=O)OCC(COP(=O)(O)OCC(O)CO)OC(=O)CCCCCCC/C=C\C=C\C(O)CCCCC. The van der Waals surface area contributed by atoms with Gasteiger partial charge < -0.3 is 29.7 Å². The first-order valence-electron chi connectivity index (χ1n) is 20.4. The second-order valence-electron chi connectivity index (χ2n) is 13.9. The fraction of sp³-hybridized carbons (Fsp3) is 0.850. The van der Waals surface area contributed by atoms with E-state index < -0.39 is 51.8 Å². The number of phosphoric ester groups is 1. The minimum atomic E-state index is -4.63. The van der Waals surface area contributed by atoms with Gasteiger partial charge in [-0.05, 0) is 32.1 Å². The zero-order valence-electron chi connectivity index (χ0n) is 32.6. The van der Waals surface area contributed by atoms with Crippen LogP contribution >= 0.6 is 7.82 Å². The minimum Gasteiger partial charge on any atom is -0.462 e. The fourth-order valence-corrected chi connectivity index (χ4v) is 6.27. The van der Waals surface area contributed by atoms with E-state index >= 15 is 0 Å². The lowest BCUT2D eigenvalue weighted by molar-refractivity contribution is -0.161. The van der Waals surface area contributed by atoms with Crippen molar-refractivity contribution in [1.29, 1.82) is 0 Å². The first kappa shape index (κ1) is 50.4. The third kappa shape index (κ3) is 35.4. The summed E-state index contributed by atoms with van der Waals surface area (Å²) >= 11 is 0. The van der Waals surface area contributed by atoms with Crippen LogP contribution in [0.25, 0.3) is 0 Å². The van der Waals surface area contributed by atoms with Crippen molar-refractivity contribution in [3.8, 4) is 0 Å². The molecule has 0 aliphatic carbocycles. The van der Waals surface area contributed by atoms with Gasteiger partial charge in [-0.2, -0.15) is 0 Å². The predicted octanol–water partition coefficient (Wildman–Crippen LogP) is 9.19. The molecule has 0 aromatic carbocycles. The Hall–Kier alpha value is -1.59. The van der Waals surface area contributed by atoms with E-state index in [1.807, 2.05) is 18.2 Å². The highest BCUT2D eigenvalue weighted by molar-refractivity contribution is 7.47. The summed E-state index contributed by atoms with van der Waals surface area (Å²) in [6.45, 7) is 2.21. The fourth-order valence-electron chi connectivity index (χ4n) is 5.48. The molecule has 0 spiro atoms. The predicted molar refractivity (Wildman–Crippen MR) is 207 cm³/mol. The Labute approximate surface area is 315 Å². The molecular weight excluding hydrogens is 687 g/mol. The third-order valence-electron chi connectivity index (χ3n) is 8.71. The maximum Gasteiger partial charge on any atom is 0.472 e. The molecule has 12 heteroatoms. The van der Waals surface area contributed by atoms with E-state index in [-0.39, 0.29) is 25.6 Å². The summed E-state index contributed by atoms with van der Waals surface area (Å²) in [7, 11) is -4.63. The van der Waals surface area contributed by atoms with Crippen molar-refractivity contribution < 1.29 is 52.9 Å². The third-order valence-corrected chi connectivity index (χ3v) is 9.66. The molecule has 0 aromatic rings. The van der Waals surface area contributed by atoms with Gasteiger partial charge in [0.2, 0.25) is 0 Å².